The number of hydrogen-bond donors (Lipinski definition) is 0. The molecule has 4 nitrogen and oxygen atoms in total. The van der Waals surface area contributed by atoms with Gasteiger partial charge in [0, 0.05) is 0 Å². The van der Waals surface area contributed by atoms with Crippen molar-refractivity contribution >= 4 is 253 Å². The quantitative estimate of drug-likeness (QED) is 0.276. The van der Waals surface area contributed by atoms with Crippen LogP contribution in [-0.2, 0) is 6.42 Å². The Labute approximate surface area is 441 Å². The summed E-state index contributed by atoms with van der Waals surface area (Å²) in [5.74, 6) is 0. The molecule has 0 aliphatic rings. The summed E-state index contributed by atoms with van der Waals surface area (Å²) in [6.07, 6.45) is 1.14. The van der Waals surface area contributed by atoms with Crippen LogP contribution in [0.3, 0.4) is 0 Å². The van der Waals surface area contributed by atoms with Crippen LogP contribution in [0.4, 0.5) is 0 Å². The maximum absolute atomic E-state index is 5.01. The molecule has 0 fully saturated rings. The first-order chi connectivity index (χ1) is 21.1. The van der Waals surface area contributed by atoms with Gasteiger partial charge in [-0.25, -0.2) is 0 Å². The van der Waals surface area contributed by atoms with Gasteiger partial charge < -0.3 is 13.8 Å². The fourth-order valence-corrected chi connectivity index (χ4v) is 13.7. The predicted octanol–water partition coefficient (Wildman–Crippen LogP) is 5.85. The van der Waals surface area contributed by atoms with Crippen LogP contribution in [0.5, 0.6) is 0 Å². The molecule has 0 amide bonds. The van der Waals surface area contributed by atoms with Crippen molar-refractivity contribution in [2.75, 3.05) is 56.4 Å². The van der Waals surface area contributed by atoms with Crippen molar-refractivity contribution in [3.05, 3.63) is 78.7 Å². The SMILES string of the molecule is CCc1ccccc1.C[N](C)[Ge]([N](C)C)([N](C)C)[N](C)C.[AlH3].[CH2-]c1ccccc1.[Cl-].[Cl][Ge]([Cl])([Cl])[Cl].[Cl][Ge]([Cl])([Cl])[Cl].[Cl][Ge]([Cl])([Cl])[Cl].[Cl][Ge]([Cl])([Cl])[Cl].[H-].[Li+].[Mg+2]. The third-order valence-electron chi connectivity index (χ3n) is 4.49. The number of halogens is 17. The summed E-state index contributed by atoms with van der Waals surface area (Å²) in [6.45, 7) is 5.88. The largest absolute Gasteiger partial charge is 2.00 e. The topological polar surface area (TPSA) is 13.0 Å². The van der Waals surface area contributed by atoms with Gasteiger partial charge in [-0.15, -0.1) is 12.1 Å². The van der Waals surface area contributed by atoms with E-state index in [1.807, 2.05) is 36.4 Å². The molecule has 0 atom stereocenters. The molecule has 0 N–H and O–H groups in total. The molecule has 0 spiro atoms. The fraction of sp³-hybridized carbons (Fsp3) is 0.435. The standard InChI is InChI=1S/C8H24GeN4.C8H10.C7H7.Al.4Cl4Ge.ClH.Li.Mg.4H/c1-10(2)9(11(3)4,12(5)6)13(7)8;1-2-8-6-4-3-5-7-8;1-7-5-3-2-4-6-7;;4*1-5(2,3)4;;;;;;;/h1-8H3;3-7H,2H2,1H3;2-6H,1H2;;;;;;1H;;;;;;/q;;-1;;;;;;;+1;+2;;;;-1/p-1. The van der Waals surface area contributed by atoms with Crippen molar-refractivity contribution in [2.24, 2.45) is 0 Å². The Morgan fingerprint density at radius 1 is 0.481 bits per heavy atom. The van der Waals surface area contributed by atoms with Crippen LogP contribution in [0, 0.1) is 6.92 Å². The third-order valence-corrected chi connectivity index (χ3v) is 14.6. The van der Waals surface area contributed by atoms with Crippen molar-refractivity contribution in [1.82, 2.24) is 15.4 Å². The molecule has 0 bridgehead atoms. The summed E-state index contributed by atoms with van der Waals surface area (Å²) < 4.78 is 9.50. The molecule has 0 saturated carbocycles. The smallest absolute Gasteiger partial charge is 1.00 e. The Balaban J connectivity index is -0.0000000518. The molecule has 52 heavy (non-hydrogen) atoms. The van der Waals surface area contributed by atoms with E-state index >= 15 is 0 Å². The van der Waals surface area contributed by atoms with Gasteiger partial charge in [-0.1, -0.05) is 43.3 Å². The summed E-state index contributed by atoms with van der Waals surface area (Å²) >= 11 is -2.33. The molecule has 0 aliphatic heterocycles. The number of hydrogen-bond acceptors (Lipinski definition) is 4. The molecule has 0 saturated heterocycles. The zero-order chi connectivity index (χ0) is 39.7. The second kappa shape index (κ2) is 43.9. The third kappa shape index (κ3) is 75.1. The minimum atomic E-state index is -3.11. The Bertz CT molecular complexity index is 915. The van der Waals surface area contributed by atoms with E-state index in [2.05, 4.69) is 110 Å². The van der Waals surface area contributed by atoms with Gasteiger partial charge in [0.1, 0.15) is 0 Å². The number of aryl methyl sites for hydroxylation is 1. The van der Waals surface area contributed by atoms with Gasteiger partial charge in [0.05, 0.1) is 0 Å². The molecular formula is C23H45AlCl17Ge5LiMgN4. The van der Waals surface area contributed by atoms with E-state index in [0.29, 0.717) is 0 Å². The summed E-state index contributed by atoms with van der Waals surface area (Å²) in [5.41, 5.74) is 2.48. The second-order valence-electron chi connectivity index (χ2n) is 9.22. The zero-order valence-electron chi connectivity index (χ0n) is 30.6. The monoisotopic (exact) mass is 1400 g/mol. The Morgan fingerprint density at radius 3 is 0.731 bits per heavy atom. The first-order valence-corrected chi connectivity index (χ1v) is 60.6. The molecule has 2 aromatic carbocycles. The van der Waals surface area contributed by atoms with Gasteiger partial charge in [-0.05, 0) is 12.0 Å². The van der Waals surface area contributed by atoms with E-state index in [9.17, 15) is 0 Å². The average Bonchev–Trinajstić information content (AvgIpc) is 2.81. The van der Waals surface area contributed by atoms with Crippen LogP contribution in [-0.4, -0.2) is 165 Å². The van der Waals surface area contributed by atoms with Crippen molar-refractivity contribution in [3.8, 4) is 0 Å². The summed E-state index contributed by atoms with van der Waals surface area (Å²) in [7, 11) is 85.1. The van der Waals surface area contributed by atoms with Gasteiger partial charge in [-0.3, -0.25) is 0 Å². The van der Waals surface area contributed by atoms with E-state index in [1.165, 1.54) is 5.56 Å². The van der Waals surface area contributed by atoms with Crippen LogP contribution in [0.15, 0.2) is 60.7 Å². The van der Waals surface area contributed by atoms with Crippen molar-refractivity contribution in [1.29, 1.82) is 0 Å². The molecule has 0 aromatic heterocycles. The fourth-order valence-electron chi connectivity index (χ4n) is 3.59. The molecule has 0 unspecified atom stereocenters. The Hall–Kier alpha value is 7.69. The second-order valence-corrected chi connectivity index (χ2v) is 97.7. The van der Waals surface area contributed by atoms with E-state index in [-0.39, 0.29) is 73.1 Å². The van der Waals surface area contributed by atoms with Gasteiger partial charge >= 0.3 is 326 Å². The normalized spacial score (nSPS) is 10.6. The van der Waals surface area contributed by atoms with Crippen LogP contribution in [0.25, 0.3) is 0 Å². The molecule has 0 aliphatic carbocycles. The molecular weight excluding hydrogens is 1360 g/mol. The van der Waals surface area contributed by atoms with E-state index in [0.717, 1.165) is 12.0 Å². The molecule has 2 aromatic rings. The number of rotatable bonds is 5. The van der Waals surface area contributed by atoms with Crippen LogP contribution < -0.4 is 31.3 Å². The first-order valence-electron chi connectivity index (χ1n) is 12.7. The van der Waals surface area contributed by atoms with Crippen LogP contribution >= 0.6 is 160 Å². The van der Waals surface area contributed by atoms with Crippen LogP contribution in [0.2, 0.25) is 0 Å². The molecule has 29 heteroatoms. The minimum Gasteiger partial charge on any atom is -1.00 e. The van der Waals surface area contributed by atoms with Crippen molar-refractivity contribution < 1.29 is 32.7 Å². The van der Waals surface area contributed by atoms with Gasteiger partial charge in [-0.2, -0.15) is 24.6 Å². The number of nitrogens with zero attached hydrogens (tertiary/aromatic N) is 4. The maximum Gasteiger partial charge on any atom is 2.00 e. The summed E-state index contributed by atoms with van der Waals surface area (Å²) in [4.78, 5) is 0. The molecule has 302 valence electrons. The zero-order valence-corrected chi connectivity index (χ0v) is 54.4. The van der Waals surface area contributed by atoms with E-state index in [1.54, 1.807) is 0 Å². The summed E-state index contributed by atoms with van der Waals surface area (Å²) in [6, 6.07) is 20.3. The molecule has 2 rings (SSSR count). The average molecular weight is 1400 g/mol. The van der Waals surface area contributed by atoms with E-state index in [4.69, 9.17) is 160 Å². The first kappa shape index (κ1) is 80.0. The molecule has 0 heterocycles. The van der Waals surface area contributed by atoms with E-state index < -0.39 is 52.4 Å². The Morgan fingerprint density at radius 2 is 0.654 bits per heavy atom. The van der Waals surface area contributed by atoms with Crippen molar-refractivity contribution in [2.45, 2.75) is 13.3 Å². The minimum absolute atomic E-state index is 0. The predicted molar refractivity (Wildman–Crippen MR) is 261 cm³/mol. The van der Waals surface area contributed by atoms with Gasteiger partial charge in [0.25, 0.3) is 0 Å². The van der Waals surface area contributed by atoms with Gasteiger partial charge in [0.15, 0.2) is 17.4 Å². The van der Waals surface area contributed by atoms with Crippen molar-refractivity contribution in [3.63, 3.8) is 0 Å². The van der Waals surface area contributed by atoms with Crippen LogP contribution in [0.1, 0.15) is 19.5 Å². The maximum atomic E-state index is 5.01. The Kier molecular flexibility index (Phi) is 67.6. The number of benzene rings is 2. The molecule has 0 radical (unpaired) electrons. The van der Waals surface area contributed by atoms with Gasteiger partial charge in [0.2, 0.25) is 0 Å². The summed E-state index contributed by atoms with van der Waals surface area (Å²) in [5, 5.41) is 0.